The van der Waals surface area contributed by atoms with E-state index in [1.165, 1.54) is 24.9 Å². The quantitative estimate of drug-likeness (QED) is 0.654. The first-order valence-corrected chi connectivity index (χ1v) is 13.4. The predicted octanol–water partition coefficient (Wildman–Crippen LogP) is 3.32. The minimum absolute atomic E-state index is 0.158. The van der Waals surface area contributed by atoms with Crippen LogP contribution < -0.4 is 5.32 Å². The van der Waals surface area contributed by atoms with Crippen molar-refractivity contribution in [3.05, 3.63) is 35.6 Å². The molecule has 1 N–H and O–H groups in total. The van der Waals surface area contributed by atoms with Crippen molar-refractivity contribution < 1.29 is 13.2 Å². The first kappa shape index (κ1) is 23.2. The molecule has 0 amide bonds. The Bertz CT molecular complexity index is 895. The molecule has 1 aromatic carbocycles. The molecular formula is C22H33N3O3S2. The third-order valence-corrected chi connectivity index (χ3v) is 8.99. The number of hydrogen-bond donors (Lipinski definition) is 1. The number of aliphatic imine (C=N–C) groups is 1. The molecule has 0 aliphatic carbocycles. The van der Waals surface area contributed by atoms with Crippen LogP contribution in [0.4, 0.5) is 0 Å². The molecule has 166 valence electrons. The SMILES string of the molecule is CCCC1CSC(CNC2=C=NC(OC)C(c3ccc(S(C)(=O)=O)cc3)N2C)C1C. The highest BCUT2D eigenvalue weighted by atomic mass is 32.2. The number of ether oxygens (including phenoxy) is 1. The number of sulfone groups is 1. The van der Waals surface area contributed by atoms with E-state index in [1.54, 1.807) is 19.2 Å². The third-order valence-electron chi connectivity index (χ3n) is 6.21. The number of likely N-dealkylation sites (N-methyl/N-ethyl adjacent to an activating group) is 1. The van der Waals surface area contributed by atoms with Crippen LogP contribution in [0.2, 0.25) is 0 Å². The van der Waals surface area contributed by atoms with Gasteiger partial charge in [-0.15, -0.1) is 0 Å². The summed E-state index contributed by atoms with van der Waals surface area (Å²) in [5.41, 5.74) is 0.952. The Balaban J connectivity index is 1.72. The van der Waals surface area contributed by atoms with Crippen LogP contribution in [-0.2, 0) is 14.6 Å². The second-order valence-electron chi connectivity index (χ2n) is 8.27. The van der Waals surface area contributed by atoms with Crippen LogP contribution >= 0.6 is 11.8 Å². The number of rotatable bonds is 8. The minimum atomic E-state index is -3.23. The Labute approximate surface area is 185 Å². The molecule has 2 aliphatic rings. The molecule has 30 heavy (non-hydrogen) atoms. The number of nitrogens with zero attached hydrogens (tertiary/aromatic N) is 2. The Morgan fingerprint density at radius 3 is 2.63 bits per heavy atom. The van der Waals surface area contributed by atoms with Crippen LogP contribution in [-0.4, -0.2) is 63.4 Å². The number of hydrogen-bond acceptors (Lipinski definition) is 7. The molecule has 0 aromatic heterocycles. The van der Waals surface area contributed by atoms with Gasteiger partial charge in [0, 0.05) is 38.1 Å². The van der Waals surface area contributed by atoms with Crippen LogP contribution in [0.5, 0.6) is 0 Å². The van der Waals surface area contributed by atoms with E-state index in [0.29, 0.717) is 16.1 Å². The van der Waals surface area contributed by atoms with E-state index in [4.69, 9.17) is 4.74 Å². The monoisotopic (exact) mass is 451 g/mol. The molecule has 0 saturated carbocycles. The van der Waals surface area contributed by atoms with Gasteiger partial charge in [0.1, 0.15) is 6.04 Å². The van der Waals surface area contributed by atoms with E-state index < -0.39 is 16.1 Å². The van der Waals surface area contributed by atoms with Crippen molar-refractivity contribution in [2.24, 2.45) is 16.8 Å². The fourth-order valence-electron chi connectivity index (χ4n) is 4.26. The van der Waals surface area contributed by atoms with Crippen LogP contribution in [0.1, 0.15) is 38.3 Å². The Hall–Kier alpha value is -1.47. The maximum Gasteiger partial charge on any atom is 0.181 e. The maximum atomic E-state index is 11.8. The fraction of sp³-hybridized carbons (Fsp3) is 0.636. The number of methoxy groups -OCH3 is 1. The molecule has 5 atom stereocenters. The number of thioether (sulfide) groups is 1. The highest BCUT2D eigenvalue weighted by Crippen LogP contribution is 2.39. The summed E-state index contributed by atoms with van der Waals surface area (Å²) in [7, 11) is 0.400. The van der Waals surface area contributed by atoms with Crippen molar-refractivity contribution in [2.75, 3.05) is 32.7 Å². The summed E-state index contributed by atoms with van der Waals surface area (Å²) in [4.78, 5) is 6.88. The maximum absolute atomic E-state index is 11.8. The zero-order valence-corrected chi connectivity index (χ0v) is 20.1. The van der Waals surface area contributed by atoms with Gasteiger partial charge in [0.05, 0.1) is 4.90 Å². The molecule has 0 spiro atoms. The lowest BCUT2D eigenvalue weighted by Crippen LogP contribution is -2.42. The lowest BCUT2D eigenvalue weighted by atomic mass is 9.89. The van der Waals surface area contributed by atoms with Crippen LogP contribution in [0.25, 0.3) is 0 Å². The topological polar surface area (TPSA) is 71.0 Å². The Kier molecular flexibility index (Phi) is 7.56. The number of nitrogens with one attached hydrogen (secondary N) is 1. The van der Waals surface area contributed by atoms with Crippen molar-refractivity contribution in [1.82, 2.24) is 10.2 Å². The second-order valence-corrected chi connectivity index (χ2v) is 11.6. The van der Waals surface area contributed by atoms with Crippen LogP contribution in [0.15, 0.2) is 40.0 Å². The molecule has 3 rings (SSSR count). The van der Waals surface area contributed by atoms with E-state index in [-0.39, 0.29) is 6.04 Å². The molecule has 8 heteroatoms. The summed E-state index contributed by atoms with van der Waals surface area (Å²) in [5.74, 6) is 6.69. The zero-order chi connectivity index (χ0) is 21.9. The molecule has 1 aromatic rings. The lowest BCUT2D eigenvalue weighted by Gasteiger charge is -2.36. The highest BCUT2D eigenvalue weighted by Gasteiger charge is 2.34. The Morgan fingerprint density at radius 2 is 2.03 bits per heavy atom. The van der Waals surface area contributed by atoms with Gasteiger partial charge >= 0.3 is 0 Å². The van der Waals surface area contributed by atoms with Crippen molar-refractivity contribution in [3.8, 4) is 0 Å². The van der Waals surface area contributed by atoms with E-state index >= 15 is 0 Å². The second kappa shape index (κ2) is 9.77. The van der Waals surface area contributed by atoms with E-state index in [9.17, 15) is 8.42 Å². The van der Waals surface area contributed by atoms with Gasteiger partial charge in [-0.25, -0.2) is 13.4 Å². The molecule has 6 nitrogen and oxygen atoms in total. The molecule has 2 aliphatic heterocycles. The average Bonchev–Trinajstić information content (AvgIpc) is 3.06. The number of benzene rings is 1. The summed E-state index contributed by atoms with van der Waals surface area (Å²) >= 11 is 2.06. The minimum Gasteiger partial charge on any atom is -0.363 e. The molecule has 1 fully saturated rings. The molecule has 1 saturated heterocycles. The van der Waals surface area contributed by atoms with E-state index in [1.807, 2.05) is 19.2 Å². The van der Waals surface area contributed by atoms with E-state index in [2.05, 4.69) is 46.7 Å². The van der Waals surface area contributed by atoms with Gasteiger partial charge in [0.25, 0.3) is 0 Å². The first-order valence-electron chi connectivity index (χ1n) is 10.5. The smallest absolute Gasteiger partial charge is 0.181 e. The fourth-order valence-corrected chi connectivity index (χ4v) is 6.59. The highest BCUT2D eigenvalue weighted by molar-refractivity contribution is 8.00. The van der Waals surface area contributed by atoms with Crippen LogP contribution in [0, 0.1) is 11.8 Å². The Morgan fingerprint density at radius 1 is 1.33 bits per heavy atom. The lowest BCUT2D eigenvalue weighted by molar-refractivity contribution is 0.0348. The van der Waals surface area contributed by atoms with Crippen molar-refractivity contribution in [2.45, 2.75) is 49.1 Å². The van der Waals surface area contributed by atoms with Gasteiger partial charge in [-0.1, -0.05) is 32.4 Å². The van der Waals surface area contributed by atoms with Gasteiger partial charge in [-0.3, -0.25) is 0 Å². The first-order chi connectivity index (χ1) is 14.3. The van der Waals surface area contributed by atoms with E-state index in [0.717, 1.165) is 23.8 Å². The zero-order valence-electron chi connectivity index (χ0n) is 18.5. The molecule has 5 unspecified atom stereocenters. The molecule has 0 radical (unpaired) electrons. The van der Waals surface area contributed by atoms with Crippen molar-refractivity contribution >= 4 is 27.5 Å². The molecule has 0 bridgehead atoms. The average molecular weight is 452 g/mol. The van der Waals surface area contributed by atoms with Gasteiger partial charge in [-0.2, -0.15) is 11.8 Å². The summed E-state index contributed by atoms with van der Waals surface area (Å²) in [6.07, 6.45) is 3.36. The van der Waals surface area contributed by atoms with Gasteiger partial charge < -0.3 is 15.0 Å². The van der Waals surface area contributed by atoms with Gasteiger partial charge in [0.15, 0.2) is 21.9 Å². The summed E-state index contributed by atoms with van der Waals surface area (Å²) in [6, 6.07) is 6.81. The van der Waals surface area contributed by atoms with Gasteiger partial charge in [0.2, 0.25) is 0 Å². The standard InChI is InChI=1S/C22H33N3O3S2/c1-6-7-17-14-29-19(15(17)2)12-23-20-13-24-22(28-4)21(25(20)3)16-8-10-18(11-9-16)30(5,26)27/h8-11,15,17,19,21-23H,6-7,12,14H2,1-5H3. The van der Waals surface area contributed by atoms with Crippen molar-refractivity contribution in [3.63, 3.8) is 0 Å². The largest absolute Gasteiger partial charge is 0.363 e. The van der Waals surface area contributed by atoms with Crippen molar-refractivity contribution in [1.29, 1.82) is 0 Å². The van der Waals surface area contributed by atoms with Crippen LogP contribution in [0.3, 0.4) is 0 Å². The summed E-state index contributed by atoms with van der Waals surface area (Å²) in [6.45, 7) is 5.51. The summed E-state index contributed by atoms with van der Waals surface area (Å²) < 4.78 is 29.1. The normalized spacial score (nSPS) is 29.2. The molecular weight excluding hydrogens is 418 g/mol. The predicted molar refractivity (Wildman–Crippen MR) is 124 cm³/mol. The summed E-state index contributed by atoms with van der Waals surface area (Å²) in [5, 5.41) is 4.13. The van der Waals surface area contributed by atoms with Gasteiger partial charge in [-0.05, 0) is 41.7 Å². The third kappa shape index (κ3) is 5.05. The molecule has 2 heterocycles.